The predicted octanol–water partition coefficient (Wildman–Crippen LogP) is 3.77. The SMILES string of the molecule is CCNC(=NCC1CCCN1Cc1ccccc1)NCCCc1nnc2n1CCCCC2.I. The highest BCUT2D eigenvalue weighted by Crippen LogP contribution is 2.20. The van der Waals surface area contributed by atoms with E-state index in [4.69, 9.17) is 4.99 Å². The number of likely N-dealkylation sites (tertiary alicyclic amines) is 1. The fraction of sp³-hybridized carbons (Fsp3) is 0.640. The van der Waals surface area contributed by atoms with Crippen LogP contribution in [-0.2, 0) is 25.9 Å². The van der Waals surface area contributed by atoms with Gasteiger partial charge in [-0.2, -0.15) is 0 Å². The zero-order chi connectivity index (χ0) is 22.0. The van der Waals surface area contributed by atoms with E-state index in [2.05, 4.69) is 67.6 Å². The average Bonchev–Trinajstić information content (AvgIpc) is 3.34. The minimum Gasteiger partial charge on any atom is -0.357 e. The number of aliphatic imine (C=N–C) groups is 1. The summed E-state index contributed by atoms with van der Waals surface area (Å²) in [6.45, 7) is 8.01. The summed E-state index contributed by atoms with van der Waals surface area (Å²) in [5, 5.41) is 15.8. The summed E-state index contributed by atoms with van der Waals surface area (Å²) in [6.07, 6.45) is 9.36. The van der Waals surface area contributed by atoms with Gasteiger partial charge in [0.2, 0.25) is 0 Å². The summed E-state index contributed by atoms with van der Waals surface area (Å²) in [4.78, 5) is 7.51. The van der Waals surface area contributed by atoms with Crippen molar-refractivity contribution in [3.8, 4) is 0 Å². The molecule has 2 aliphatic heterocycles. The minimum atomic E-state index is 0. The van der Waals surface area contributed by atoms with Crippen LogP contribution >= 0.6 is 24.0 Å². The fourth-order valence-corrected chi connectivity index (χ4v) is 4.85. The van der Waals surface area contributed by atoms with Gasteiger partial charge in [0.25, 0.3) is 0 Å². The first-order chi connectivity index (χ1) is 15.8. The molecule has 182 valence electrons. The number of halogens is 1. The highest BCUT2D eigenvalue weighted by molar-refractivity contribution is 14.0. The van der Waals surface area contributed by atoms with Crippen molar-refractivity contribution in [1.29, 1.82) is 0 Å². The number of aromatic nitrogens is 3. The molecule has 1 atom stereocenters. The first kappa shape index (κ1) is 25.9. The van der Waals surface area contributed by atoms with Crippen molar-refractivity contribution in [2.75, 3.05) is 26.2 Å². The van der Waals surface area contributed by atoms with Crippen molar-refractivity contribution in [3.63, 3.8) is 0 Å². The second-order valence-electron chi connectivity index (χ2n) is 9.00. The van der Waals surface area contributed by atoms with Crippen molar-refractivity contribution >= 4 is 29.9 Å². The summed E-state index contributed by atoms with van der Waals surface area (Å²) >= 11 is 0. The maximum absolute atomic E-state index is 4.92. The zero-order valence-electron chi connectivity index (χ0n) is 20.0. The van der Waals surface area contributed by atoms with Crippen molar-refractivity contribution in [3.05, 3.63) is 47.5 Å². The van der Waals surface area contributed by atoms with E-state index < -0.39 is 0 Å². The normalized spacial score (nSPS) is 18.9. The number of nitrogens with zero attached hydrogens (tertiary/aromatic N) is 5. The van der Waals surface area contributed by atoms with E-state index in [9.17, 15) is 0 Å². The number of aryl methyl sites for hydroxylation is 2. The number of rotatable bonds is 9. The Kier molecular flexibility index (Phi) is 10.9. The molecule has 2 aliphatic rings. The molecule has 1 aromatic carbocycles. The van der Waals surface area contributed by atoms with Gasteiger partial charge in [0.1, 0.15) is 11.6 Å². The van der Waals surface area contributed by atoms with Crippen LogP contribution in [0.15, 0.2) is 35.3 Å². The molecule has 1 aromatic heterocycles. The highest BCUT2D eigenvalue weighted by atomic mass is 127. The van der Waals surface area contributed by atoms with Gasteiger partial charge >= 0.3 is 0 Å². The number of benzene rings is 1. The van der Waals surface area contributed by atoms with E-state index >= 15 is 0 Å². The van der Waals surface area contributed by atoms with Gasteiger partial charge in [0.05, 0.1) is 6.54 Å². The first-order valence-electron chi connectivity index (χ1n) is 12.5. The molecule has 1 fully saturated rings. The Morgan fingerprint density at radius 2 is 1.94 bits per heavy atom. The number of nitrogens with one attached hydrogen (secondary N) is 2. The van der Waals surface area contributed by atoms with E-state index in [0.29, 0.717) is 6.04 Å². The van der Waals surface area contributed by atoms with Gasteiger partial charge in [-0.25, -0.2) is 0 Å². The van der Waals surface area contributed by atoms with Crippen LogP contribution in [0, 0.1) is 0 Å². The molecule has 2 N–H and O–H groups in total. The largest absolute Gasteiger partial charge is 0.357 e. The molecular weight excluding hydrogens is 525 g/mol. The van der Waals surface area contributed by atoms with Gasteiger partial charge in [-0.15, -0.1) is 34.2 Å². The van der Waals surface area contributed by atoms with Crippen molar-refractivity contribution < 1.29 is 0 Å². The van der Waals surface area contributed by atoms with Gasteiger partial charge in [0, 0.05) is 45.1 Å². The molecule has 7 nitrogen and oxygen atoms in total. The molecule has 1 unspecified atom stereocenters. The molecule has 0 radical (unpaired) electrons. The Labute approximate surface area is 215 Å². The molecule has 0 bridgehead atoms. The van der Waals surface area contributed by atoms with Crippen LogP contribution in [-0.4, -0.2) is 57.8 Å². The minimum absolute atomic E-state index is 0. The van der Waals surface area contributed by atoms with Crippen LogP contribution in [0.5, 0.6) is 0 Å². The number of fused-ring (bicyclic) bond motifs is 1. The van der Waals surface area contributed by atoms with Crippen LogP contribution in [0.25, 0.3) is 0 Å². The molecule has 4 rings (SSSR count). The Bertz CT molecular complexity index is 852. The number of hydrogen-bond donors (Lipinski definition) is 2. The molecule has 3 heterocycles. The quantitative estimate of drug-likeness (QED) is 0.210. The van der Waals surface area contributed by atoms with Crippen LogP contribution in [0.1, 0.15) is 62.7 Å². The van der Waals surface area contributed by atoms with Crippen molar-refractivity contribution in [2.45, 2.75) is 77.4 Å². The third kappa shape index (κ3) is 7.67. The van der Waals surface area contributed by atoms with Crippen LogP contribution in [0.2, 0.25) is 0 Å². The second-order valence-corrected chi connectivity index (χ2v) is 9.00. The number of guanidine groups is 1. The van der Waals surface area contributed by atoms with Gasteiger partial charge in [-0.05, 0) is 51.1 Å². The molecule has 1 saturated heterocycles. The molecular formula is C25H40IN7. The van der Waals surface area contributed by atoms with Crippen LogP contribution < -0.4 is 10.6 Å². The first-order valence-corrected chi connectivity index (χ1v) is 12.5. The summed E-state index contributed by atoms with van der Waals surface area (Å²) in [5.74, 6) is 3.25. The van der Waals surface area contributed by atoms with Crippen molar-refractivity contribution in [2.24, 2.45) is 4.99 Å². The summed E-state index contributed by atoms with van der Waals surface area (Å²) in [7, 11) is 0. The van der Waals surface area contributed by atoms with Gasteiger partial charge in [-0.1, -0.05) is 36.8 Å². The lowest BCUT2D eigenvalue weighted by atomic mass is 10.2. The van der Waals surface area contributed by atoms with Gasteiger partial charge < -0.3 is 15.2 Å². The van der Waals surface area contributed by atoms with Gasteiger partial charge in [-0.3, -0.25) is 9.89 Å². The van der Waals surface area contributed by atoms with Crippen molar-refractivity contribution in [1.82, 2.24) is 30.3 Å². The third-order valence-corrected chi connectivity index (χ3v) is 6.59. The monoisotopic (exact) mass is 565 g/mol. The second kappa shape index (κ2) is 13.9. The topological polar surface area (TPSA) is 70.4 Å². The standard InChI is InChI=1S/C25H39N7.HI/c1-2-26-25(27-16-9-15-24-30-29-23-14-7-4-8-18-32(23)24)28-19-22-13-10-17-31(22)20-21-11-5-3-6-12-21;/h3,5-6,11-12,22H,2,4,7-10,13-20H2,1H3,(H2,26,27,28);1H. The van der Waals surface area contributed by atoms with E-state index in [1.807, 2.05) is 0 Å². The molecule has 8 heteroatoms. The maximum Gasteiger partial charge on any atom is 0.191 e. The highest BCUT2D eigenvalue weighted by Gasteiger charge is 2.24. The lowest BCUT2D eigenvalue weighted by Gasteiger charge is -2.23. The summed E-state index contributed by atoms with van der Waals surface area (Å²) < 4.78 is 2.35. The van der Waals surface area contributed by atoms with E-state index in [1.54, 1.807) is 0 Å². The van der Waals surface area contributed by atoms with E-state index in [1.165, 1.54) is 50.0 Å². The maximum atomic E-state index is 4.92. The lowest BCUT2D eigenvalue weighted by Crippen LogP contribution is -2.39. The predicted molar refractivity (Wildman–Crippen MR) is 145 cm³/mol. The summed E-state index contributed by atoms with van der Waals surface area (Å²) in [5.41, 5.74) is 1.39. The molecule has 0 spiro atoms. The zero-order valence-corrected chi connectivity index (χ0v) is 22.3. The van der Waals surface area contributed by atoms with Gasteiger partial charge in [0.15, 0.2) is 5.96 Å². The Balaban J connectivity index is 0.00000306. The molecule has 0 aliphatic carbocycles. The molecule has 0 amide bonds. The number of hydrogen-bond acceptors (Lipinski definition) is 4. The van der Waals surface area contributed by atoms with E-state index in [-0.39, 0.29) is 24.0 Å². The Hall–Kier alpha value is -1.68. The Morgan fingerprint density at radius 1 is 1.06 bits per heavy atom. The summed E-state index contributed by atoms with van der Waals surface area (Å²) in [6, 6.07) is 11.3. The molecule has 2 aromatic rings. The average molecular weight is 566 g/mol. The lowest BCUT2D eigenvalue weighted by molar-refractivity contribution is 0.250. The molecule has 33 heavy (non-hydrogen) atoms. The van der Waals surface area contributed by atoms with Crippen LogP contribution in [0.4, 0.5) is 0 Å². The third-order valence-electron chi connectivity index (χ3n) is 6.59. The van der Waals surface area contributed by atoms with E-state index in [0.717, 1.165) is 63.8 Å². The fourth-order valence-electron chi connectivity index (χ4n) is 4.85. The smallest absolute Gasteiger partial charge is 0.191 e. The Morgan fingerprint density at radius 3 is 2.79 bits per heavy atom. The molecule has 0 saturated carbocycles. The van der Waals surface area contributed by atoms with Crippen LogP contribution in [0.3, 0.4) is 0 Å².